The number of rotatable bonds is 50. The third-order valence-electron chi connectivity index (χ3n) is 12.8. The minimum Gasteiger partial charge on any atom is -0.394 e. The van der Waals surface area contributed by atoms with Crippen LogP contribution in [0.25, 0.3) is 0 Å². The van der Waals surface area contributed by atoms with E-state index in [4.69, 9.17) is 0 Å². The summed E-state index contributed by atoms with van der Waals surface area (Å²) >= 11 is 0. The second kappa shape index (κ2) is 50.5. The van der Waals surface area contributed by atoms with Gasteiger partial charge in [-0.3, -0.25) is 4.79 Å². The predicted octanol–water partition coefficient (Wildman–Crippen LogP) is 16.5. The summed E-state index contributed by atoms with van der Waals surface area (Å²) in [4.78, 5) is 12.5. The fourth-order valence-electron chi connectivity index (χ4n) is 8.56. The van der Waals surface area contributed by atoms with E-state index in [9.17, 15) is 20.1 Å². The second-order valence-corrected chi connectivity index (χ2v) is 18.8. The molecule has 0 aliphatic rings. The Morgan fingerprint density at radius 3 is 1.02 bits per heavy atom. The molecule has 3 atom stereocenters. The Morgan fingerprint density at radius 2 is 0.683 bits per heavy atom. The van der Waals surface area contributed by atoms with E-state index in [1.54, 1.807) is 6.08 Å². The zero-order valence-electron chi connectivity index (χ0n) is 40.6. The zero-order chi connectivity index (χ0) is 43.7. The van der Waals surface area contributed by atoms with Crippen LogP contribution in [-0.2, 0) is 4.79 Å². The first-order valence-corrected chi connectivity index (χ1v) is 27.2. The lowest BCUT2D eigenvalue weighted by Gasteiger charge is -2.21. The Morgan fingerprint density at radius 1 is 0.400 bits per heavy atom. The maximum Gasteiger partial charge on any atom is 0.249 e. The molecule has 0 heterocycles. The molecule has 1 amide bonds. The van der Waals surface area contributed by atoms with Crippen molar-refractivity contribution >= 4 is 5.91 Å². The lowest BCUT2D eigenvalue weighted by molar-refractivity contribution is -0.131. The first kappa shape index (κ1) is 58.8. The van der Waals surface area contributed by atoms with Crippen LogP contribution in [-0.4, -0.2) is 46.1 Å². The highest BCUT2D eigenvalue weighted by Gasteiger charge is 2.22. The van der Waals surface area contributed by atoms with E-state index in [2.05, 4.69) is 31.3 Å². The molecule has 0 aromatic carbocycles. The topological polar surface area (TPSA) is 89.8 Å². The highest BCUT2D eigenvalue weighted by molar-refractivity contribution is 5.80. The molecular formula is C55H107NO4. The quantitative estimate of drug-likeness (QED) is 0.0363. The first-order chi connectivity index (χ1) is 29.6. The van der Waals surface area contributed by atoms with Crippen molar-refractivity contribution in [2.24, 2.45) is 0 Å². The van der Waals surface area contributed by atoms with E-state index in [1.165, 1.54) is 238 Å². The third kappa shape index (κ3) is 44.9. The Labute approximate surface area is 375 Å². The Bertz CT molecular complexity index is 890. The number of hydrogen-bond acceptors (Lipinski definition) is 4. The van der Waals surface area contributed by atoms with Gasteiger partial charge in [0.15, 0.2) is 0 Å². The molecule has 0 aliphatic heterocycles. The molecule has 0 saturated heterocycles. The number of nitrogens with one attached hydrogen (secondary N) is 1. The van der Waals surface area contributed by atoms with E-state index in [1.807, 2.05) is 6.08 Å². The normalized spacial score (nSPS) is 13.5. The first-order valence-electron chi connectivity index (χ1n) is 27.2. The Kier molecular flexibility index (Phi) is 49.5. The van der Waals surface area contributed by atoms with Crippen LogP contribution in [0.5, 0.6) is 0 Å². The van der Waals surface area contributed by atoms with Gasteiger partial charge in [0.05, 0.1) is 18.8 Å². The second-order valence-electron chi connectivity index (χ2n) is 18.8. The van der Waals surface area contributed by atoms with Gasteiger partial charge in [0, 0.05) is 0 Å². The number of hydrogen-bond donors (Lipinski definition) is 4. The molecule has 0 saturated carbocycles. The molecule has 0 rings (SSSR count). The molecule has 3 unspecified atom stereocenters. The van der Waals surface area contributed by atoms with Gasteiger partial charge >= 0.3 is 0 Å². The van der Waals surface area contributed by atoms with Crippen LogP contribution in [0.3, 0.4) is 0 Å². The Balaban J connectivity index is 3.51. The molecule has 4 N–H and O–H groups in total. The number of carbonyl (C=O) groups excluding carboxylic acids is 1. The number of allylic oxidation sites excluding steroid dienone is 3. The number of unbranched alkanes of at least 4 members (excludes halogenated alkanes) is 40. The van der Waals surface area contributed by atoms with Crippen LogP contribution in [0.15, 0.2) is 24.3 Å². The largest absolute Gasteiger partial charge is 0.394 e. The Hall–Kier alpha value is -1.17. The van der Waals surface area contributed by atoms with Crippen LogP contribution in [0.1, 0.15) is 296 Å². The van der Waals surface area contributed by atoms with E-state index in [-0.39, 0.29) is 6.61 Å². The summed E-state index contributed by atoms with van der Waals surface area (Å²) in [6, 6.07) is -0.811. The molecule has 356 valence electrons. The molecule has 5 nitrogen and oxygen atoms in total. The van der Waals surface area contributed by atoms with E-state index >= 15 is 0 Å². The third-order valence-corrected chi connectivity index (χ3v) is 12.8. The molecule has 0 aliphatic carbocycles. The lowest BCUT2D eigenvalue weighted by atomic mass is 10.0. The van der Waals surface area contributed by atoms with Gasteiger partial charge in [0.1, 0.15) is 6.10 Å². The van der Waals surface area contributed by atoms with Crippen molar-refractivity contribution in [2.45, 2.75) is 315 Å². The molecular weight excluding hydrogens is 739 g/mol. The maximum atomic E-state index is 12.5. The van der Waals surface area contributed by atoms with Crippen molar-refractivity contribution in [3.05, 3.63) is 24.3 Å². The summed E-state index contributed by atoms with van der Waals surface area (Å²) in [7, 11) is 0. The summed E-state index contributed by atoms with van der Waals surface area (Å²) in [6.45, 7) is 4.19. The number of carbonyl (C=O) groups is 1. The van der Waals surface area contributed by atoms with Gasteiger partial charge in [-0.2, -0.15) is 0 Å². The van der Waals surface area contributed by atoms with Gasteiger partial charge in [-0.05, 0) is 32.1 Å². The van der Waals surface area contributed by atoms with Crippen molar-refractivity contribution < 1.29 is 20.1 Å². The van der Waals surface area contributed by atoms with Crippen molar-refractivity contribution in [1.29, 1.82) is 0 Å². The van der Waals surface area contributed by atoms with Gasteiger partial charge < -0.3 is 20.6 Å². The summed E-state index contributed by atoms with van der Waals surface area (Å²) in [5.41, 5.74) is 0. The van der Waals surface area contributed by atoms with Crippen molar-refractivity contribution in [3.8, 4) is 0 Å². The lowest BCUT2D eigenvalue weighted by Crippen LogP contribution is -2.48. The predicted molar refractivity (Wildman–Crippen MR) is 264 cm³/mol. The highest BCUT2D eigenvalue weighted by Crippen LogP contribution is 2.18. The standard InChI is InChI=1S/C55H107NO4/c1-3-5-7-9-11-13-15-17-19-20-21-22-23-24-25-26-27-28-29-30-31-32-33-34-36-38-40-42-44-46-48-50-54(59)55(60)56-52(51-57)53(58)49-47-45-43-41-39-37-35-18-16-14-12-10-8-6-4-2/h39,41,47,49,52-54,57-59H,3-38,40,42-46,48,50-51H2,1-2H3,(H,56,60)/b41-39+,49-47+. The molecule has 0 aromatic rings. The maximum absolute atomic E-state index is 12.5. The van der Waals surface area contributed by atoms with E-state index < -0.39 is 24.2 Å². The molecule has 5 heteroatoms. The monoisotopic (exact) mass is 846 g/mol. The van der Waals surface area contributed by atoms with E-state index in [0.717, 1.165) is 38.5 Å². The van der Waals surface area contributed by atoms with Crippen LogP contribution in [0.2, 0.25) is 0 Å². The van der Waals surface area contributed by atoms with Gasteiger partial charge in [-0.25, -0.2) is 0 Å². The van der Waals surface area contributed by atoms with Crippen LogP contribution in [0.4, 0.5) is 0 Å². The molecule has 0 aromatic heterocycles. The summed E-state index contributed by atoms with van der Waals surface area (Å²) < 4.78 is 0. The summed E-state index contributed by atoms with van der Waals surface area (Å²) in [5, 5.41) is 33.2. The average Bonchev–Trinajstić information content (AvgIpc) is 3.25. The smallest absolute Gasteiger partial charge is 0.249 e. The van der Waals surface area contributed by atoms with Gasteiger partial charge in [0.25, 0.3) is 0 Å². The number of amides is 1. The SMILES string of the molecule is CCCCCCCCCCC/C=C/CC/C=C/C(O)C(CO)NC(=O)C(O)CCCCCCCCCCCCCCCCCCCCCCCCCCCCCCCCC. The number of aliphatic hydroxyl groups excluding tert-OH is 3. The fraction of sp³-hybridized carbons (Fsp3) is 0.909. The van der Waals surface area contributed by atoms with Gasteiger partial charge in [-0.1, -0.05) is 289 Å². The molecule has 0 fully saturated rings. The van der Waals surface area contributed by atoms with Crippen LogP contribution < -0.4 is 5.32 Å². The fourth-order valence-corrected chi connectivity index (χ4v) is 8.56. The van der Waals surface area contributed by atoms with Gasteiger partial charge in [-0.15, -0.1) is 0 Å². The highest BCUT2D eigenvalue weighted by atomic mass is 16.3. The number of aliphatic hydroxyl groups is 3. The van der Waals surface area contributed by atoms with Crippen LogP contribution in [0, 0.1) is 0 Å². The van der Waals surface area contributed by atoms with Crippen molar-refractivity contribution in [2.75, 3.05) is 6.61 Å². The van der Waals surface area contributed by atoms with Crippen molar-refractivity contribution in [3.63, 3.8) is 0 Å². The molecule has 0 radical (unpaired) electrons. The minimum absolute atomic E-state index is 0.373. The van der Waals surface area contributed by atoms with E-state index in [0.29, 0.717) is 6.42 Å². The molecule has 0 bridgehead atoms. The summed E-state index contributed by atoms with van der Waals surface area (Å²) in [6.07, 6.45) is 64.1. The van der Waals surface area contributed by atoms with Crippen molar-refractivity contribution in [1.82, 2.24) is 5.32 Å². The van der Waals surface area contributed by atoms with Crippen LogP contribution >= 0.6 is 0 Å². The molecule has 0 spiro atoms. The molecule has 60 heavy (non-hydrogen) atoms. The minimum atomic E-state index is -1.10. The van der Waals surface area contributed by atoms with Gasteiger partial charge in [0.2, 0.25) is 5.91 Å². The average molecular weight is 846 g/mol. The zero-order valence-corrected chi connectivity index (χ0v) is 40.6. The summed E-state index contributed by atoms with van der Waals surface area (Å²) in [5.74, 6) is -0.508.